The van der Waals surface area contributed by atoms with Crippen LogP contribution in [0, 0.1) is 0 Å². The maximum Gasteiger partial charge on any atom is 0.308 e. The van der Waals surface area contributed by atoms with E-state index in [0.717, 1.165) is 5.56 Å². The summed E-state index contributed by atoms with van der Waals surface area (Å²) < 4.78 is 15.7. The van der Waals surface area contributed by atoms with Crippen LogP contribution in [0.25, 0.3) is 17.0 Å². The molecule has 10 nitrogen and oxygen atoms in total. The van der Waals surface area contributed by atoms with Crippen molar-refractivity contribution in [3.8, 4) is 17.2 Å². The van der Waals surface area contributed by atoms with E-state index in [1.165, 1.54) is 6.92 Å². The van der Waals surface area contributed by atoms with Crippen LogP contribution in [-0.2, 0) is 9.59 Å². The molecule has 2 aromatic carbocycles. The van der Waals surface area contributed by atoms with E-state index in [1.54, 1.807) is 67.7 Å². The van der Waals surface area contributed by atoms with Crippen LogP contribution in [0.3, 0.4) is 0 Å². The average molecular weight is 478 g/mol. The molecule has 0 spiro atoms. The molecule has 1 amide bonds. The van der Waals surface area contributed by atoms with Crippen molar-refractivity contribution in [3.05, 3.63) is 48.0 Å². The summed E-state index contributed by atoms with van der Waals surface area (Å²) in [4.78, 5) is 36.6. The number of nitrogens with two attached hydrogens (primary N) is 1. The van der Waals surface area contributed by atoms with Gasteiger partial charge in [-0.05, 0) is 29.8 Å². The summed E-state index contributed by atoms with van der Waals surface area (Å²) in [6.45, 7) is 3.56. The SMILES string of the molecule is COc1cc2nc(N3CCN(C(=O)/C=C/c4ccc(OC(C)=O)cc4)CC3)nc(N)c2cc1OC. The molecule has 0 saturated carbocycles. The smallest absolute Gasteiger partial charge is 0.308 e. The van der Waals surface area contributed by atoms with Crippen LogP contribution >= 0.6 is 0 Å². The van der Waals surface area contributed by atoms with Crippen molar-refractivity contribution in [1.29, 1.82) is 0 Å². The lowest BCUT2D eigenvalue weighted by atomic mass is 10.2. The van der Waals surface area contributed by atoms with Crippen LogP contribution in [0.2, 0.25) is 0 Å². The van der Waals surface area contributed by atoms with Crippen molar-refractivity contribution in [3.63, 3.8) is 0 Å². The van der Waals surface area contributed by atoms with Crippen molar-refractivity contribution in [2.75, 3.05) is 51.0 Å². The number of nitrogen functional groups attached to an aromatic ring is 1. The third kappa shape index (κ3) is 5.43. The monoisotopic (exact) mass is 477 g/mol. The fourth-order valence-electron chi connectivity index (χ4n) is 3.82. The highest BCUT2D eigenvalue weighted by atomic mass is 16.5. The Morgan fingerprint density at radius 3 is 2.26 bits per heavy atom. The van der Waals surface area contributed by atoms with E-state index in [-0.39, 0.29) is 11.9 Å². The molecule has 0 unspecified atom stereocenters. The molecular weight excluding hydrogens is 450 g/mol. The van der Waals surface area contributed by atoms with Crippen molar-refractivity contribution in [2.24, 2.45) is 0 Å². The number of ether oxygens (including phenoxy) is 3. The molecule has 0 aliphatic carbocycles. The first-order valence-corrected chi connectivity index (χ1v) is 11.1. The molecule has 0 bridgehead atoms. The average Bonchev–Trinajstić information content (AvgIpc) is 2.87. The van der Waals surface area contributed by atoms with E-state index >= 15 is 0 Å². The number of carbonyl (C=O) groups is 2. The minimum atomic E-state index is -0.376. The number of amides is 1. The number of nitrogens with zero attached hydrogens (tertiary/aromatic N) is 4. The van der Waals surface area contributed by atoms with Crippen molar-refractivity contribution >= 4 is 40.6 Å². The van der Waals surface area contributed by atoms with Crippen LogP contribution in [0.1, 0.15) is 12.5 Å². The molecule has 1 saturated heterocycles. The van der Waals surface area contributed by atoms with Gasteiger partial charge in [-0.1, -0.05) is 12.1 Å². The van der Waals surface area contributed by atoms with Gasteiger partial charge in [0.15, 0.2) is 11.5 Å². The molecule has 2 N–H and O–H groups in total. The van der Waals surface area contributed by atoms with Crippen LogP contribution in [0.4, 0.5) is 11.8 Å². The molecule has 1 fully saturated rings. The van der Waals surface area contributed by atoms with Gasteiger partial charge in [-0.25, -0.2) is 4.98 Å². The number of carbonyl (C=O) groups excluding carboxylic acids is 2. The zero-order valence-corrected chi connectivity index (χ0v) is 19.9. The first-order valence-electron chi connectivity index (χ1n) is 11.1. The van der Waals surface area contributed by atoms with Crippen molar-refractivity contribution in [1.82, 2.24) is 14.9 Å². The number of benzene rings is 2. The van der Waals surface area contributed by atoms with Gasteiger partial charge in [0.05, 0.1) is 19.7 Å². The Kier molecular flexibility index (Phi) is 7.00. The van der Waals surface area contributed by atoms with Crippen molar-refractivity contribution in [2.45, 2.75) is 6.92 Å². The lowest BCUT2D eigenvalue weighted by molar-refractivity contribution is -0.132. The van der Waals surface area contributed by atoms with E-state index < -0.39 is 0 Å². The molecule has 1 aliphatic rings. The van der Waals surface area contributed by atoms with Gasteiger partial charge in [-0.15, -0.1) is 0 Å². The fraction of sp³-hybridized carbons (Fsp3) is 0.280. The lowest BCUT2D eigenvalue weighted by Crippen LogP contribution is -2.48. The Labute approximate surface area is 202 Å². The van der Waals surface area contributed by atoms with Gasteiger partial charge in [-0.2, -0.15) is 4.98 Å². The van der Waals surface area contributed by atoms with E-state index in [0.29, 0.717) is 66.1 Å². The second-order valence-electron chi connectivity index (χ2n) is 7.94. The highest BCUT2D eigenvalue weighted by Gasteiger charge is 2.22. The molecule has 4 rings (SSSR count). The molecule has 2 heterocycles. The van der Waals surface area contributed by atoms with Crippen LogP contribution in [-0.4, -0.2) is 67.1 Å². The van der Waals surface area contributed by atoms with Gasteiger partial charge in [-0.3, -0.25) is 9.59 Å². The second-order valence-corrected chi connectivity index (χ2v) is 7.94. The topological polar surface area (TPSA) is 120 Å². The van der Waals surface area contributed by atoms with E-state index in [9.17, 15) is 9.59 Å². The Morgan fingerprint density at radius 2 is 1.63 bits per heavy atom. The Bertz CT molecular complexity index is 1270. The largest absolute Gasteiger partial charge is 0.493 e. The third-order valence-corrected chi connectivity index (χ3v) is 5.65. The first-order chi connectivity index (χ1) is 16.9. The minimum absolute atomic E-state index is 0.0792. The quantitative estimate of drug-likeness (QED) is 0.324. The Balaban J connectivity index is 1.40. The van der Waals surface area contributed by atoms with Gasteiger partial charge in [0.25, 0.3) is 0 Å². The summed E-state index contributed by atoms with van der Waals surface area (Å²) in [7, 11) is 3.13. The van der Waals surface area contributed by atoms with Gasteiger partial charge in [0, 0.05) is 50.6 Å². The number of anilines is 2. The number of hydrogen-bond donors (Lipinski definition) is 1. The van der Waals surface area contributed by atoms with Gasteiger partial charge in [0.2, 0.25) is 11.9 Å². The molecule has 0 atom stereocenters. The lowest BCUT2D eigenvalue weighted by Gasteiger charge is -2.34. The third-order valence-electron chi connectivity index (χ3n) is 5.65. The van der Waals surface area contributed by atoms with Crippen LogP contribution in [0.15, 0.2) is 42.5 Å². The number of methoxy groups -OCH3 is 2. The van der Waals surface area contributed by atoms with E-state index in [2.05, 4.69) is 9.97 Å². The minimum Gasteiger partial charge on any atom is -0.493 e. The summed E-state index contributed by atoms with van der Waals surface area (Å²) >= 11 is 0. The van der Waals surface area contributed by atoms with Crippen LogP contribution in [0.5, 0.6) is 17.2 Å². The molecule has 1 aliphatic heterocycles. The molecule has 0 radical (unpaired) electrons. The molecule has 182 valence electrons. The predicted octanol–water partition coefficient (Wildman–Crippen LogP) is 2.52. The predicted molar refractivity (Wildman–Crippen MR) is 133 cm³/mol. The zero-order valence-electron chi connectivity index (χ0n) is 19.9. The van der Waals surface area contributed by atoms with E-state index in [1.807, 2.05) is 4.90 Å². The summed E-state index contributed by atoms with van der Waals surface area (Å²) in [5.74, 6) is 2.00. The molecule has 35 heavy (non-hydrogen) atoms. The fourth-order valence-corrected chi connectivity index (χ4v) is 3.82. The molecular formula is C25H27N5O5. The maximum atomic E-state index is 12.7. The van der Waals surface area contributed by atoms with E-state index in [4.69, 9.17) is 19.9 Å². The van der Waals surface area contributed by atoms with Gasteiger partial charge in [0.1, 0.15) is 11.6 Å². The molecule has 10 heteroatoms. The Hall–Kier alpha value is -4.34. The second kappa shape index (κ2) is 10.3. The normalized spacial score (nSPS) is 13.8. The standard InChI is InChI=1S/C25H27N5O5/c1-16(31)35-18-7-4-17(5-8-18)6-9-23(32)29-10-12-30(13-11-29)25-27-20-15-22(34-3)21(33-2)14-19(20)24(26)28-25/h4-9,14-15H,10-13H2,1-3H3,(H2,26,27,28)/b9-6+. The van der Waals surface area contributed by atoms with Crippen molar-refractivity contribution < 1.29 is 23.8 Å². The highest BCUT2D eigenvalue weighted by molar-refractivity contribution is 5.93. The number of fused-ring (bicyclic) bond motifs is 1. The number of rotatable bonds is 6. The van der Waals surface area contributed by atoms with Gasteiger partial charge >= 0.3 is 5.97 Å². The summed E-state index contributed by atoms with van der Waals surface area (Å²) in [6.07, 6.45) is 3.28. The summed E-state index contributed by atoms with van der Waals surface area (Å²) in [5.41, 5.74) is 7.70. The Morgan fingerprint density at radius 1 is 0.971 bits per heavy atom. The number of piperazine rings is 1. The van der Waals surface area contributed by atoms with Crippen LogP contribution < -0.4 is 24.8 Å². The maximum absolute atomic E-state index is 12.7. The molecule has 1 aromatic heterocycles. The number of esters is 1. The molecule has 3 aromatic rings. The number of aromatic nitrogens is 2. The zero-order chi connectivity index (χ0) is 24.9. The summed E-state index contributed by atoms with van der Waals surface area (Å²) in [6, 6.07) is 10.5. The number of hydrogen-bond acceptors (Lipinski definition) is 9. The summed E-state index contributed by atoms with van der Waals surface area (Å²) in [5, 5.41) is 0.686. The first kappa shape index (κ1) is 23.8. The van der Waals surface area contributed by atoms with Gasteiger partial charge < -0.3 is 29.7 Å². The highest BCUT2D eigenvalue weighted by Crippen LogP contribution is 2.34.